The van der Waals surface area contributed by atoms with E-state index in [1.807, 2.05) is 0 Å². The van der Waals surface area contributed by atoms with Crippen molar-refractivity contribution in [3.63, 3.8) is 0 Å². The molecule has 3 N–H and O–H groups in total. The van der Waals surface area contributed by atoms with Crippen molar-refractivity contribution in [2.75, 3.05) is 18.4 Å². The summed E-state index contributed by atoms with van der Waals surface area (Å²) in [6, 6.07) is 4.19. The van der Waals surface area contributed by atoms with Gasteiger partial charge in [0.05, 0.1) is 22.8 Å². The third kappa shape index (κ3) is 5.73. The van der Waals surface area contributed by atoms with Gasteiger partial charge in [-0.05, 0) is 36.6 Å². The van der Waals surface area contributed by atoms with Gasteiger partial charge in [-0.25, -0.2) is 4.79 Å². The van der Waals surface area contributed by atoms with Crippen LogP contribution in [0.1, 0.15) is 31.1 Å². The Hall–Kier alpha value is -1.59. The van der Waals surface area contributed by atoms with E-state index in [0.29, 0.717) is 22.5 Å². The Balaban J connectivity index is 2.55. The number of carbonyl (C=O) groups is 2. The van der Waals surface area contributed by atoms with Crippen molar-refractivity contribution in [2.24, 2.45) is 11.8 Å². The lowest BCUT2D eigenvalue weighted by Gasteiger charge is -2.16. The van der Waals surface area contributed by atoms with Crippen LogP contribution in [-0.2, 0) is 4.79 Å². The number of halogens is 1. The van der Waals surface area contributed by atoms with Gasteiger partial charge in [0.25, 0.3) is 0 Å². The number of amides is 1. The van der Waals surface area contributed by atoms with Crippen LogP contribution in [0, 0.1) is 11.8 Å². The molecule has 5 nitrogen and oxygen atoms in total. The van der Waals surface area contributed by atoms with Gasteiger partial charge in [-0.3, -0.25) is 4.79 Å². The van der Waals surface area contributed by atoms with Crippen LogP contribution in [0.4, 0.5) is 5.69 Å². The van der Waals surface area contributed by atoms with Crippen molar-refractivity contribution in [2.45, 2.75) is 20.8 Å². The standard InChI is InChI=1S/C15H21ClN2O3/c1-9(2)10(3)7-17-8-14(19)18-13-6-11(15(20)21)4-5-12(13)16/h4-6,9-10,17H,7-8H2,1-3H3,(H,18,19)(H,20,21). The molecule has 1 amide bonds. The summed E-state index contributed by atoms with van der Waals surface area (Å²) in [5.74, 6) is -0.305. The number of rotatable bonds is 7. The summed E-state index contributed by atoms with van der Waals surface area (Å²) in [4.78, 5) is 22.7. The summed E-state index contributed by atoms with van der Waals surface area (Å²) in [5, 5.41) is 14.9. The monoisotopic (exact) mass is 312 g/mol. The van der Waals surface area contributed by atoms with Gasteiger partial charge in [0.2, 0.25) is 5.91 Å². The Bertz CT molecular complexity index is 518. The number of benzene rings is 1. The molecule has 0 heterocycles. The topological polar surface area (TPSA) is 78.4 Å². The number of carboxylic acid groups (broad SMARTS) is 1. The summed E-state index contributed by atoms with van der Waals surface area (Å²) in [5.41, 5.74) is 0.386. The van der Waals surface area contributed by atoms with E-state index in [4.69, 9.17) is 16.7 Å². The third-order valence-corrected chi connectivity index (χ3v) is 3.71. The number of hydrogen-bond acceptors (Lipinski definition) is 3. The number of hydrogen-bond donors (Lipinski definition) is 3. The first-order valence-electron chi connectivity index (χ1n) is 6.84. The highest BCUT2D eigenvalue weighted by Crippen LogP contribution is 2.23. The van der Waals surface area contributed by atoms with Crippen molar-refractivity contribution in [3.05, 3.63) is 28.8 Å². The minimum atomic E-state index is -1.06. The normalized spacial score (nSPS) is 12.2. The molecule has 0 aliphatic carbocycles. The molecule has 0 fully saturated rings. The zero-order valence-electron chi connectivity index (χ0n) is 12.4. The van der Waals surface area contributed by atoms with E-state index in [0.717, 1.165) is 6.54 Å². The maximum absolute atomic E-state index is 11.8. The lowest BCUT2D eigenvalue weighted by Crippen LogP contribution is -2.32. The number of carboxylic acids is 1. The van der Waals surface area contributed by atoms with Crippen molar-refractivity contribution in [1.82, 2.24) is 5.32 Å². The van der Waals surface area contributed by atoms with Gasteiger partial charge >= 0.3 is 5.97 Å². The summed E-state index contributed by atoms with van der Waals surface area (Å²) in [7, 11) is 0. The Labute approximate surface area is 129 Å². The molecule has 0 saturated heterocycles. The van der Waals surface area contributed by atoms with E-state index in [-0.39, 0.29) is 18.0 Å². The summed E-state index contributed by atoms with van der Waals surface area (Å²) >= 11 is 5.94. The maximum Gasteiger partial charge on any atom is 0.335 e. The zero-order valence-corrected chi connectivity index (χ0v) is 13.2. The molecular formula is C15H21ClN2O3. The number of nitrogens with one attached hydrogen (secondary N) is 2. The summed E-state index contributed by atoms with van der Waals surface area (Å²) in [6.45, 7) is 7.27. The average molecular weight is 313 g/mol. The molecule has 1 unspecified atom stereocenters. The minimum absolute atomic E-state index is 0.0797. The van der Waals surface area contributed by atoms with Crippen LogP contribution < -0.4 is 10.6 Å². The first-order chi connectivity index (χ1) is 9.81. The number of anilines is 1. The second-order valence-electron chi connectivity index (χ2n) is 5.40. The van der Waals surface area contributed by atoms with Gasteiger partial charge in [0.1, 0.15) is 0 Å². The predicted octanol–water partition coefficient (Wildman–Crippen LogP) is 2.86. The van der Waals surface area contributed by atoms with Crippen LogP contribution in [0.5, 0.6) is 0 Å². The second kappa shape index (κ2) is 8.00. The summed E-state index contributed by atoms with van der Waals surface area (Å²) in [6.07, 6.45) is 0. The molecule has 6 heteroatoms. The molecule has 1 aromatic rings. The highest BCUT2D eigenvalue weighted by atomic mass is 35.5. The van der Waals surface area contributed by atoms with Crippen LogP contribution in [0.25, 0.3) is 0 Å². The third-order valence-electron chi connectivity index (χ3n) is 3.38. The average Bonchev–Trinajstić information content (AvgIpc) is 2.40. The van der Waals surface area contributed by atoms with Crippen LogP contribution in [0.2, 0.25) is 5.02 Å². The van der Waals surface area contributed by atoms with Crippen molar-refractivity contribution >= 4 is 29.2 Å². The zero-order chi connectivity index (χ0) is 16.0. The van der Waals surface area contributed by atoms with Crippen LogP contribution in [0.15, 0.2) is 18.2 Å². The molecule has 0 saturated carbocycles. The predicted molar refractivity (Wildman–Crippen MR) is 83.9 cm³/mol. The Kier molecular flexibility index (Phi) is 6.65. The van der Waals surface area contributed by atoms with E-state index in [9.17, 15) is 9.59 Å². The SMILES string of the molecule is CC(C)C(C)CNCC(=O)Nc1cc(C(=O)O)ccc1Cl. The van der Waals surface area contributed by atoms with Gasteiger partial charge in [0.15, 0.2) is 0 Å². The van der Waals surface area contributed by atoms with Crippen molar-refractivity contribution < 1.29 is 14.7 Å². The van der Waals surface area contributed by atoms with E-state index >= 15 is 0 Å². The van der Waals surface area contributed by atoms with Gasteiger partial charge in [-0.15, -0.1) is 0 Å². The second-order valence-corrected chi connectivity index (χ2v) is 5.81. The molecule has 0 aliphatic heterocycles. The molecule has 1 aromatic carbocycles. The first kappa shape index (κ1) is 17.5. The summed E-state index contributed by atoms with van der Waals surface area (Å²) < 4.78 is 0. The van der Waals surface area contributed by atoms with Crippen molar-refractivity contribution in [1.29, 1.82) is 0 Å². The van der Waals surface area contributed by atoms with Gasteiger partial charge in [0, 0.05) is 0 Å². The first-order valence-corrected chi connectivity index (χ1v) is 7.22. The van der Waals surface area contributed by atoms with Crippen LogP contribution in [0.3, 0.4) is 0 Å². The maximum atomic E-state index is 11.8. The highest BCUT2D eigenvalue weighted by molar-refractivity contribution is 6.33. The number of aromatic carboxylic acids is 1. The van der Waals surface area contributed by atoms with Crippen LogP contribution >= 0.6 is 11.6 Å². The van der Waals surface area contributed by atoms with Gasteiger partial charge < -0.3 is 15.7 Å². The number of carbonyl (C=O) groups excluding carboxylic acids is 1. The smallest absolute Gasteiger partial charge is 0.335 e. The highest BCUT2D eigenvalue weighted by Gasteiger charge is 2.11. The van der Waals surface area contributed by atoms with E-state index in [1.54, 1.807) is 0 Å². The Morgan fingerprint density at radius 2 is 1.95 bits per heavy atom. The molecule has 1 rings (SSSR count). The molecule has 0 aromatic heterocycles. The van der Waals surface area contributed by atoms with E-state index in [1.165, 1.54) is 18.2 Å². The fraction of sp³-hybridized carbons (Fsp3) is 0.467. The molecule has 116 valence electrons. The Morgan fingerprint density at radius 1 is 1.29 bits per heavy atom. The molecule has 0 bridgehead atoms. The molecular weight excluding hydrogens is 292 g/mol. The fourth-order valence-electron chi connectivity index (χ4n) is 1.60. The van der Waals surface area contributed by atoms with Crippen molar-refractivity contribution in [3.8, 4) is 0 Å². The van der Waals surface area contributed by atoms with Gasteiger partial charge in [-0.2, -0.15) is 0 Å². The molecule has 0 spiro atoms. The Morgan fingerprint density at radius 3 is 2.52 bits per heavy atom. The quantitative estimate of drug-likeness (QED) is 0.723. The molecule has 21 heavy (non-hydrogen) atoms. The van der Waals surface area contributed by atoms with Gasteiger partial charge in [-0.1, -0.05) is 32.4 Å². The lowest BCUT2D eigenvalue weighted by atomic mass is 9.98. The molecule has 0 aliphatic rings. The van der Waals surface area contributed by atoms with E-state index < -0.39 is 5.97 Å². The minimum Gasteiger partial charge on any atom is -0.478 e. The fourth-order valence-corrected chi connectivity index (χ4v) is 1.76. The van der Waals surface area contributed by atoms with Crippen LogP contribution in [-0.4, -0.2) is 30.1 Å². The molecule has 0 radical (unpaired) electrons. The lowest BCUT2D eigenvalue weighted by molar-refractivity contribution is -0.115. The molecule has 1 atom stereocenters. The largest absolute Gasteiger partial charge is 0.478 e. The van der Waals surface area contributed by atoms with E-state index in [2.05, 4.69) is 31.4 Å².